The molecule has 1 rings (SSSR count). The third-order valence-electron chi connectivity index (χ3n) is 2.07. The molecule has 1 aromatic rings. The van der Waals surface area contributed by atoms with Crippen LogP contribution in [0.2, 0.25) is 0 Å². The van der Waals surface area contributed by atoms with Gasteiger partial charge in [0.15, 0.2) is 6.61 Å². The number of carbonyl (C=O) groups excluding carboxylic acids is 1. The molecule has 0 unspecified atom stereocenters. The predicted molar refractivity (Wildman–Crippen MR) is 71.2 cm³/mol. The van der Waals surface area contributed by atoms with Crippen LogP contribution in [-0.4, -0.2) is 18.2 Å². The lowest BCUT2D eigenvalue weighted by Gasteiger charge is -2.05. The summed E-state index contributed by atoms with van der Waals surface area (Å²) in [4.78, 5) is 11.4. The van der Waals surface area contributed by atoms with Crippen molar-refractivity contribution >= 4 is 27.5 Å². The number of nitrogens with one attached hydrogen (secondary N) is 1. The number of benzene rings is 1. The van der Waals surface area contributed by atoms with Gasteiger partial charge in [-0.15, -0.1) is 0 Å². The zero-order valence-corrected chi connectivity index (χ0v) is 11.5. The maximum absolute atomic E-state index is 11.4. The molecule has 1 aromatic carbocycles. The maximum atomic E-state index is 11.4. The molecule has 0 spiro atoms. The van der Waals surface area contributed by atoms with Gasteiger partial charge in [0.05, 0.1) is 0 Å². The van der Waals surface area contributed by atoms with Crippen LogP contribution in [-0.2, 0) is 4.79 Å². The second-order valence-electron chi connectivity index (χ2n) is 3.48. The van der Waals surface area contributed by atoms with Crippen molar-refractivity contribution in [1.29, 1.82) is 0 Å². The van der Waals surface area contributed by atoms with Gasteiger partial charge in [0.1, 0.15) is 5.75 Å². The van der Waals surface area contributed by atoms with Gasteiger partial charge in [-0.2, -0.15) is 5.10 Å². The second kappa shape index (κ2) is 7.06. The van der Waals surface area contributed by atoms with Crippen LogP contribution < -0.4 is 10.2 Å². The largest absolute Gasteiger partial charge is 0.484 e. The molecule has 0 aliphatic carbocycles. The van der Waals surface area contributed by atoms with E-state index in [-0.39, 0.29) is 12.5 Å². The van der Waals surface area contributed by atoms with Gasteiger partial charge in [0.2, 0.25) is 0 Å². The summed E-state index contributed by atoms with van der Waals surface area (Å²) >= 11 is 3.32. The molecule has 1 N–H and O–H groups in total. The second-order valence-corrected chi connectivity index (χ2v) is 4.39. The molecule has 0 aliphatic rings. The highest BCUT2D eigenvalue weighted by Crippen LogP contribution is 2.15. The Morgan fingerprint density at radius 2 is 2.06 bits per heavy atom. The Hall–Kier alpha value is -1.36. The van der Waals surface area contributed by atoms with Gasteiger partial charge in [-0.1, -0.05) is 22.9 Å². The van der Waals surface area contributed by atoms with Crippen molar-refractivity contribution in [2.24, 2.45) is 5.10 Å². The van der Waals surface area contributed by atoms with Crippen molar-refractivity contribution in [1.82, 2.24) is 5.43 Å². The summed E-state index contributed by atoms with van der Waals surface area (Å²) in [5, 5.41) is 3.90. The van der Waals surface area contributed by atoms with E-state index in [9.17, 15) is 4.79 Å². The third kappa shape index (κ3) is 5.49. The van der Waals surface area contributed by atoms with E-state index in [4.69, 9.17) is 4.74 Å². The van der Waals surface area contributed by atoms with E-state index in [1.165, 1.54) is 0 Å². The van der Waals surface area contributed by atoms with Crippen LogP contribution in [0.15, 0.2) is 33.8 Å². The first-order chi connectivity index (χ1) is 8.11. The molecule has 17 heavy (non-hydrogen) atoms. The van der Waals surface area contributed by atoms with E-state index in [0.717, 1.165) is 16.6 Å². The van der Waals surface area contributed by atoms with Crippen LogP contribution in [0.1, 0.15) is 20.3 Å². The lowest BCUT2D eigenvalue weighted by atomic mass is 10.3. The van der Waals surface area contributed by atoms with Crippen LogP contribution in [0, 0.1) is 0 Å². The molecule has 0 aliphatic heterocycles. The van der Waals surface area contributed by atoms with Crippen LogP contribution in [0.4, 0.5) is 0 Å². The summed E-state index contributed by atoms with van der Waals surface area (Å²) in [6.07, 6.45) is 0.813. The Kier molecular flexibility index (Phi) is 5.69. The van der Waals surface area contributed by atoms with Crippen molar-refractivity contribution in [2.75, 3.05) is 6.61 Å². The van der Waals surface area contributed by atoms with Gasteiger partial charge in [0.25, 0.3) is 5.91 Å². The number of hydrogen-bond donors (Lipinski definition) is 1. The Balaban J connectivity index is 2.36. The number of hydrazone groups is 1. The third-order valence-corrected chi connectivity index (χ3v) is 2.60. The first kappa shape index (κ1) is 13.7. The molecule has 0 saturated heterocycles. The van der Waals surface area contributed by atoms with Crippen LogP contribution in [0.25, 0.3) is 0 Å². The number of halogens is 1. The fourth-order valence-electron chi connectivity index (χ4n) is 0.949. The number of amides is 1. The molecule has 0 radical (unpaired) electrons. The highest BCUT2D eigenvalue weighted by Gasteiger charge is 2.01. The van der Waals surface area contributed by atoms with Crippen molar-refractivity contribution in [3.05, 3.63) is 28.7 Å². The normalized spacial score (nSPS) is 11.1. The first-order valence-corrected chi connectivity index (χ1v) is 6.11. The van der Waals surface area contributed by atoms with Crippen LogP contribution >= 0.6 is 15.9 Å². The molecular weight excluding hydrogens is 284 g/mol. The summed E-state index contributed by atoms with van der Waals surface area (Å²) in [5.41, 5.74) is 3.31. The summed E-state index contributed by atoms with van der Waals surface area (Å²) < 4.78 is 6.26. The monoisotopic (exact) mass is 298 g/mol. The molecule has 0 saturated carbocycles. The van der Waals surface area contributed by atoms with Crippen molar-refractivity contribution in [3.8, 4) is 5.75 Å². The number of carbonyl (C=O) groups is 1. The van der Waals surface area contributed by atoms with Crippen molar-refractivity contribution in [2.45, 2.75) is 20.3 Å². The van der Waals surface area contributed by atoms with Crippen molar-refractivity contribution in [3.63, 3.8) is 0 Å². The molecule has 0 atom stereocenters. The summed E-state index contributed by atoms with van der Waals surface area (Å²) in [6, 6.07) is 7.29. The van der Waals surface area contributed by atoms with E-state index >= 15 is 0 Å². The minimum Gasteiger partial charge on any atom is -0.484 e. The van der Waals surface area contributed by atoms with Gasteiger partial charge in [-0.3, -0.25) is 4.79 Å². The highest BCUT2D eigenvalue weighted by atomic mass is 79.9. The SMILES string of the molecule is CC/C(C)=N\NC(=O)COc1ccc(Br)cc1. The standard InChI is InChI=1S/C12H15BrN2O2/c1-3-9(2)14-15-12(16)8-17-11-6-4-10(13)5-7-11/h4-7H,3,8H2,1-2H3,(H,15,16)/b14-9-. The van der Waals surface area contributed by atoms with Gasteiger partial charge < -0.3 is 4.74 Å². The molecule has 4 nitrogen and oxygen atoms in total. The molecule has 0 heterocycles. The Labute approximate surface area is 109 Å². The van der Waals surface area contributed by atoms with E-state index in [1.807, 2.05) is 26.0 Å². The maximum Gasteiger partial charge on any atom is 0.277 e. The van der Waals surface area contributed by atoms with E-state index in [1.54, 1.807) is 12.1 Å². The summed E-state index contributed by atoms with van der Waals surface area (Å²) in [6.45, 7) is 3.79. The van der Waals surface area contributed by atoms with Crippen molar-refractivity contribution < 1.29 is 9.53 Å². The van der Waals surface area contributed by atoms with Gasteiger partial charge in [-0.25, -0.2) is 5.43 Å². The van der Waals surface area contributed by atoms with E-state index < -0.39 is 0 Å². The fourth-order valence-corrected chi connectivity index (χ4v) is 1.21. The van der Waals surface area contributed by atoms with E-state index in [0.29, 0.717) is 5.75 Å². The molecule has 0 bridgehead atoms. The zero-order chi connectivity index (χ0) is 12.7. The average molecular weight is 299 g/mol. The minimum absolute atomic E-state index is 0.0396. The van der Waals surface area contributed by atoms with Crippen LogP contribution in [0.3, 0.4) is 0 Å². The van der Waals surface area contributed by atoms with Gasteiger partial charge in [0, 0.05) is 10.2 Å². The lowest BCUT2D eigenvalue weighted by molar-refractivity contribution is -0.123. The molecular formula is C12H15BrN2O2. The Morgan fingerprint density at radius 3 is 2.65 bits per heavy atom. The van der Waals surface area contributed by atoms with Gasteiger partial charge in [-0.05, 0) is 37.6 Å². The minimum atomic E-state index is -0.263. The Bertz CT molecular complexity index is 401. The highest BCUT2D eigenvalue weighted by molar-refractivity contribution is 9.10. The molecule has 0 aromatic heterocycles. The Morgan fingerprint density at radius 1 is 1.41 bits per heavy atom. The average Bonchev–Trinajstić information content (AvgIpc) is 2.35. The topological polar surface area (TPSA) is 50.7 Å². The van der Waals surface area contributed by atoms with E-state index in [2.05, 4.69) is 26.5 Å². The smallest absolute Gasteiger partial charge is 0.277 e. The molecule has 5 heteroatoms. The van der Waals surface area contributed by atoms with Gasteiger partial charge >= 0.3 is 0 Å². The number of ether oxygens (including phenoxy) is 1. The summed E-state index contributed by atoms with van der Waals surface area (Å²) in [7, 11) is 0. The predicted octanol–water partition coefficient (Wildman–Crippen LogP) is 2.73. The molecule has 92 valence electrons. The number of nitrogens with zero attached hydrogens (tertiary/aromatic N) is 1. The summed E-state index contributed by atoms with van der Waals surface area (Å²) in [5.74, 6) is 0.389. The molecule has 0 fully saturated rings. The van der Waals surface area contributed by atoms with Crippen LogP contribution in [0.5, 0.6) is 5.75 Å². The number of hydrogen-bond acceptors (Lipinski definition) is 3. The quantitative estimate of drug-likeness (QED) is 0.671. The zero-order valence-electron chi connectivity index (χ0n) is 9.87. The number of rotatable bonds is 5. The first-order valence-electron chi connectivity index (χ1n) is 5.32. The molecule has 1 amide bonds. The fraction of sp³-hybridized carbons (Fsp3) is 0.333. The lowest BCUT2D eigenvalue weighted by Crippen LogP contribution is -2.25.